The number of hydrogen-bond donors (Lipinski definition) is 0. The summed E-state index contributed by atoms with van der Waals surface area (Å²) in [5.41, 5.74) is 18.0. The first-order chi connectivity index (χ1) is 33.9. The maximum absolute atomic E-state index is 12.7. The summed E-state index contributed by atoms with van der Waals surface area (Å²) in [5, 5.41) is 34.7. The zero-order valence-corrected chi connectivity index (χ0v) is 41.0. The predicted octanol–water partition coefficient (Wildman–Crippen LogP) is 16.1. The van der Waals surface area contributed by atoms with Crippen LogP contribution in [0.3, 0.4) is 0 Å². The molecule has 0 bridgehead atoms. The summed E-state index contributed by atoms with van der Waals surface area (Å²) in [4.78, 5) is 0. The Kier molecular flexibility index (Phi) is 9.15. The van der Waals surface area contributed by atoms with Gasteiger partial charge in [0, 0.05) is 87.2 Å². The van der Waals surface area contributed by atoms with Gasteiger partial charge in [-0.1, -0.05) is 93.0 Å². The molecule has 4 atom stereocenters. The molecule has 0 saturated heterocycles. The van der Waals surface area contributed by atoms with Crippen LogP contribution in [0.4, 0.5) is 0 Å². The van der Waals surface area contributed by atoms with Gasteiger partial charge in [-0.3, -0.25) is 0 Å². The number of aryl methyl sites for hydroxylation is 8. The molecule has 1 saturated carbocycles. The van der Waals surface area contributed by atoms with Gasteiger partial charge >= 0.3 is 0 Å². The molecule has 0 amide bonds. The average Bonchev–Trinajstić information content (AvgIpc) is 4.03. The summed E-state index contributed by atoms with van der Waals surface area (Å²) in [6.45, 7) is 17.3. The number of nitrogens with zero attached hydrogens (tertiary/aromatic N) is 6. The Balaban J connectivity index is 1.26. The first kappa shape index (κ1) is 42.1. The number of nitriles is 2. The van der Waals surface area contributed by atoms with Crippen LogP contribution in [0.25, 0.3) is 87.2 Å². The predicted molar refractivity (Wildman–Crippen MR) is 290 cm³/mol. The number of fused-ring (bicyclic) bond motifs is 12. The second kappa shape index (κ2) is 15.2. The smallest absolute Gasteiger partial charge is 0.0919 e. The summed E-state index contributed by atoms with van der Waals surface area (Å²) in [6, 6.07) is 58.4. The van der Waals surface area contributed by atoms with Crippen LogP contribution in [-0.2, 0) is 0 Å². The molecule has 4 aromatic heterocycles. The Labute approximate surface area is 407 Å². The monoisotopic (exact) mass is 906 g/mol. The molecule has 8 aromatic carbocycles. The fourth-order valence-electron chi connectivity index (χ4n) is 13.2. The van der Waals surface area contributed by atoms with E-state index in [1.165, 1.54) is 44.5 Å². The van der Waals surface area contributed by atoms with E-state index in [0.29, 0.717) is 0 Å². The molecule has 4 heterocycles. The zero-order chi connectivity index (χ0) is 48.0. The molecular weight excluding hydrogens is 853 g/mol. The van der Waals surface area contributed by atoms with E-state index in [1.54, 1.807) is 0 Å². The Bertz CT molecular complexity index is 3530. The first-order valence-corrected chi connectivity index (χ1v) is 24.8. The van der Waals surface area contributed by atoms with E-state index in [9.17, 15) is 10.5 Å². The van der Waals surface area contributed by atoms with Crippen molar-refractivity contribution in [1.29, 1.82) is 10.5 Å². The lowest BCUT2D eigenvalue weighted by molar-refractivity contribution is 0.0690. The molecule has 1 fully saturated rings. The van der Waals surface area contributed by atoms with Gasteiger partial charge in [0.1, 0.15) is 0 Å². The second-order valence-corrected chi connectivity index (χ2v) is 20.9. The highest BCUT2D eigenvalue weighted by Crippen LogP contribution is 2.60. The maximum Gasteiger partial charge on any atom is 0.0919 e. The lowest BCUT2D eigenvalue weighted by Crippen LogP contribution is -2.48. The van der Waals surface area contributed by atoms with E-state index in [2.05, 4.69) is 231 Å². The van der Waals surface area contributed by atoms with E-state index >= 15 is 0 Å². The molecule has 6 nitrogen and oxygen atoms in total. The van der Waals surface area contributed by atoms with Crippen molar-refractivity contribution < 1.29 is 0 Å². The summed E-state index contributed by atoms with van der Waals surface area (Å²) in [5.74, 6) is -1.34. The Morgan fingerprint density at radius 3 is 0.529 bits per heavy atom. The molecule has 4 unspecified atom stereocenters. The van der Waals surface area contributed by atoms with Gasteiger partial charge in [0.15, 0.2) is 0 Å². The van der Waals surface area contributed by atoms with Crippen molar-refractivity contribution in [1.82, 2.24) is 18.3 Å². The number of rotatable bonds is 4. The molecule has 0 aliphatic heterocycles. The lowest BCUT2D eigenvalue weighted by atomic mass is 9.68. The van der Waals surface area contributed by atoms with Crippen molar-refractivity contribution in [3.05, 3.63) is 190 Å². The Morgan fingerprint density at radius 2 is 0.400 bits per heavy atom. The minimum Gasteiger partial charge on any atom is -0.334 e. The highest BCUT2D eigenvalue weighted by Gasteiger charge is 2.56. The number of aromatic nitrogens is 4. The molecule has 0 N–H and O–H groups in total. The average molecular weight is 907 g/mol. The lowest BCUT2D eigenvalue weighted by Gasteiger charge is -2.50. The standard InChI is InChI=1S/C64H54N6/c1-35-9-17-53-43(25-35)44-26-36(2)10-18-54(44)67(53)61-51(33-65)63(69-57-21-13-39(5)29-47(57)48-30-40(6)14-22-58(48)69)64(70-59-23-15-41(7)31-49(59)50-32-42(8)16-24-60(50)70)52(34-66)62(61)68-55-19-11-37(3)27-45(55)46-28-38(4)12-20-56(46)68/h9-32,51-52,61-64H,1-8H3. The third-order valence-electron chi connectivity index (χ3n) is 16.1. The van der Waals surface area contributed by atoms with Crippen molar-refractivity contribution >= 4 is 87.2 Å². The third kappa shape index (κ3) is 5.90. The largest absolute Gasteiger partial charge is 0.334 e. The number of benzene rings is 8. The van der Waals surface area contributed by atoms with Gasteiger partial charge < -0.3 is 18.3 Å². The minimum absolute atomic E-state index is 0.524. The molecule has 12 aromatic rings. The highest BCUT2D eigenvalue weighted by atomic mass is 15.2. The van der Waals surface area contributed by atoms with E-state index in [0.717, 1.165) is 87.2 Å². The molecule has 70 heavy (non-hydrogen) atoms. The van der Waals surface area contributed by atoms with Gasteiger partial charge in [-0.25, -0.2) is 0 Å². The minimum atomic E-state index is -0.672. The van der Waals surface area contributed by atoms with Crippen molar-refractivity contribution in [2.45, 2.75) is 79.6 Å². The Hall–Kier alpha value is -8.06. The van der Waals surface area contributed by atoms with Crippen molar-refractivity contribution in [2.24, 2.45) is 11.8 Å². The van der Waals surface area contributed by atoms with E-state index in [-0.39, 0.29) is 0 Å². The summed E-state index contributed by atoms with van der Waals surface area (Å²) >= 11 is 0. The fraction of sp³-hybridized carbons (Fsp3) is 0.219. The summed E-state index contributed by atoms with van der Waals surface area (Å²) in [6.07, 6.45) is 0. The molecule has 340 valence electrons. The van der Waals surface area contributed by atoms with Crippen LogP contribution in [0, 0.1) is 89.9 Å². The molecule has 0 spiro atoms. The van der Waals surface area contributed by atoms with Gasteiger partial charge in [-0.15, -0.1) is 0 Å². The van der Waals surface area contributed by atoms with Crippen molar-refractivity contribution in [3.8, 4) is 12.1 Å². The highest BCUT2D eigenvalue weighted by molar-refractivity contribution is 6.12. The van der Waals surface area contributed by atoms with Crippen LogP contribution in [0.1, 0.15) is 68.7 Å². The van der Waals surface area contributed by atoms with Gasteiger partial charge in [0.05, 0.1) is 48.1 Å². The topological polar surface area (TPSA) is 67.3 Å². The quantitative estimate of drug-likeness (QED) is 0.177. The molecule has 1 aliphatic carbocycles. The Morgan fingerprint density at radius 1 is 0.257 bits per heavy atom. The molecule has 1 aliphatic rings. The van der Waals surface area contributed by atoms with Crippen LogP contribution in [-0.4, -0.2) is 18.3 Å². The normalized spacial score (nSPS) is 19.7. The van der Waals surface area contributed by atoms with Crippen LogP contribution in [0.2, 0.25) is 0 Å². The van der Waals surface area contributed by atoms with Gasteiger partial charge in [0.25, 0.3) is 0 Å². The van der Waals surface area contributed by atoms with E-state index in [1.807, 2.05) is 0 Å². The molecule has 6 heteroatoms. The van der Waals surface area contributed by atoms with Crippen molar-refractivity contribution in [3.63, 3.8) is 0 Å². The van der Waals surface area contributed by atoms with Gasteiger partial charge in [-0.2, -0.15) is 10.5 Å². The van der Waals surface area contributed by atoms with Gasteiger partial charge in [0.2, 0.25) is 0 Å². The number of hydrogen-bond acceptors (Lipinski definition) is 2. The summed E-state index contributed by atoms with van der Waals surface area (Å²) in [7, 11) is 0. The SMILES string of the molecule is Cc1ccc2c(c1)c1cc(C)ccc1n2C1C(C#N)C(n2c3ccc(C)cc3c3cc(C)ccc32)C(n2c3ccc(C)cc3c3cc(C)ccc32)C(C#N)C1n1c2ccc(C)cc2c2cc(C)ccc21. The summed E-state index contributed by atoms with van der Waals surface area (Å²) < 4.78 is 9.99. The van der Waals surface area contributed by atoms with E-state index < -0.39 is 36.0 Å². The van der Waals surface area contributed by atoms with E-state index in [4.69, 9.17) is 0 Å². The second-order valence-electron chi connectivity index (χ2n) is 20.9. The molecule has 13 rings (SSSR count). The maximum atomic E-state index is 12.7. The molecule has 0 radical (unpaired) electrons. The van der Waals surface area contributed by atoms with Crippen LogP contribution >= 0.6 is 0 Å². The van der Waals surface area contributed by atoms with Crippen molar-refractivity contribution in [2.75, 3.05) is 0 Å². The first-order valence-electron chi connectivity index (χ1n) is 24.8. The van der Waals surface area contributed by atoms with Crippen LogP contribution in [0.5, 0.6) is 0 Å². The van der Waals surface area contributed by atoms with Gasteiger partial charge in [-0.05, 0) is 152 Å². The van der Waals surface area contributed by atoms with Crippen LogP contribution in [0.15, 0.2) is 146 Å². The third-order valence-corrected chi connectivity index (χ3v) is 16.1. The zero-order valence-electron chi connectivity index (χ0n) is 41.0. The fourth-order valence-corrected chi connectivity index (χ4v) is 13.2. The van der Waals surface area contributed by atoms with Crippen LogP contribution < -0.4 is 0 Å². The molecular formula is C64H54N6.